The molecule has 0 aromatic carbocycles. The van der Waals surface area contributed by atoms with Crippen molar-refractivity contribution in [3.63, 3.8) is 0 Å². The Morgan fingerprint density at radius 3 is 3.19 bits per heavy atom. The summed E-state index contributed by atoms with van der Waals surface area (Å²) in [4.78, 5) is 20.8. The maximum Gasteiger partial charge on any atom is 0.236 e. The number of hydrogen-bond donors (Lipinski definition) is 1. The number of aromatic nitrogens is 4. The van der Waals surface area contributed by atoms with E-state index in [0.717, 1.165) is 4.88 Å². The molecule has 1 N–H and O–H groups in total. The molecule has 108 valence electrons. The van der Waals surface area contributed by atoms with Gasteiger partial charge in [0.15, 0.2) is 0 Å². The van der Waals surface area contributed by atoms with Crippen LogP contribution in [0.2, 0.25) is 0 Å². The van der Waals surface area contributed by atoms with Crippen LogP contribution in [-0.2, 0) is 17.9 Å². The van der Waals surface area contributed by atoms with Crippen LogP contribution in [0.4, 0.5) is 0 Å². The predicted molar refractivity (Wildman–Crippen MR) is 76.3 cm³/mol. The fourth-order valence-corrected chi connectivity index (χ4v) is 2.40. The van der Waals surface area contributed by atoms with Crippen LogP contribution >= 0.6 is 11.3 Å². The third-order valence-electron chi connectivity index (χ3n) is 2.78. The van der Waals surface area contributed by atoms with Gasteiger partial charge in [-0.3, -0.25) is 9.48 Å². The molecule has 3 rings (SSSR count). The van der Waals surface area contributed by atoms with E-state index >= 15 is 0 Å². The Kier molecular flexibility index (Phi) is 4.06. The van der Waals surface area contributed by atoms with Gasteiger partial charge in [-0.25, -0.2) is 9.97 Å². The maximum absolute atomic E-state index is 11.7. The lowest BCUT2D eigenvalue weighted by Crippen LogP contribution is -2.24. The van der Waals surface area contributed by atoms with E-state index in [1.165, 1.54) is 6.33 Å². The van der Waals surface area contributed by atoms with Gasteiger partial charge in [-0.2, -0.15) is 5.10 Å². The zero-order chi connectivity index (χ0) is 14.5. The average molecular weight is 303 g/mol. The summed E-state index contributed by atoms with van der Waals surface area (Å²) in [7, 11) is 0. The molecule has 0 fully saturated rings. The number of thiophene rings is 1. The molecule has 0 radical (unpaired) electrons. The summed E-state index contributed by atoms with van der Waals surface area (Å²) in [6.45, 7) is 0.857. The van der Waals surface area contributed by atoms with Gasteiger partial charge in [0, 0.05) is 6.42 Å². The summed E-state index contributed by atoms with van der Waals surface area (Å²) in [5, 5.41) is 8.70. The SMILES string of the molecule is O=C(CCn1cncn1)NCc1coc(-c2cccs2)n1. The fraction of sp³-hybridized carbons (Fsp3) is 0.231. The topological polar surface area (TPSA) is 85.8 Å². The second-order valence-corrected chi connectivity index (χ2v) is 5.25. The summed E-state index contributed by atoms with van der Waals surface area (Å²) < 4.78 is 7.00. The number of nitrogens with zero attached hydrogens (tertiary/aromatic N) is 4. The fourth-order valence-electron chi connectivity index (χ4n) is 1.74. The zero-order valence-corrected chi connectivity index (χ0v) is 11.9. The Morgan fingerprint density at radius 2 is 2.43 bits per heavy atom. The highest BCUT2D eigenvalue weighted by molar-refractivity contribution is 7.13. The minimum absolute atomic E-state index is 0.0637. The lowest BCUT2D eigenvalue weighted by Gasteiger charge is -2.02. The quantitative estimate of drug-likeness (QED) is 0.749. The molecule has 0 saturated heterocycles. The standard InChI is InChI=1S/C13H13N5O2S/c19-12(3-4-18-9-14-8-16-18)15-6-10-7-20-13(17-10)11-2-1-5-21-11/h1-2,5,7-9H,3-4,6H2,(H,15,19). The van der Waals surface area contributed by atoms with E-state index in [9.17, 15) is 4.79 Å². The first kappa shape index (κ1) is 13.5. The van der Waals surface area contributed by atoms with Crippen molar-refractivity contribution in [1.29, 1.82) is 0 Å². The first-order valence-corrected chi connectivity index (χ1v) is 7.26. The normalized spacial score (nSPS) is 10.7. The second-order valence-electron chi connectivity index (χ2n) is 4.31. The molecule has 3 aromatic heterocycles. The molecule has 0 bridgehead atoms. The Balaban J connectivity index is 1.47. The number of amides is 1. The predicted octanol–water partition coefficient (Wildman–Crippen LogP) is 1.70. The van der Waals surface area contributed by atoms with Crippen molar-refractivity contribution < 1.29 is 9.21 Å². The van der Waals surface area contributed by atoms with E-state index in [0.29, 0.717) is 31.1 Å². The largest absolute Gasteiger partial charge is 0.443 e. The number of nitrogens with one attached hydrogen (secondary N) is 1. The number of aryl methyl sites for hydroxylation is 1. The average Bonchev–Trinajstić information content (AvgIpc) is 3.24. The molecule has 7 nitrogen and oxygen atoms in total. The summed E-state index contributed by atoms with van der Waals surface area (Å²) in [5.74, 6) is 0.517. The molecular formula is C13H13N5O2S. The highest BCUT2D eigenvalue weighted by Crippen LogP contribution is 2.23. The van der Waals surface area contributed by atoms with Crippen molar-refractivity contribution in [2.45, 2.75) is 19.5 Å². The molecule has 21 heavy (non-hydrogen) atoms. The number of oxazole rings is 1. The van der Waals surface area contributed by atoms with Gasteiger partial charge in [0.25, 0.3) is 0 Å². The van der Waals surface area contributed by atoms with Crippen molar-refractivity contribution >= 4 is 17.2 Å². The molecule has 8 heteroatoms. The van der Waals surface area contributed by atoms with Crippen LogP contribution in [0.5, 0.6) is 0 Å². The van der Waals surface area contributed by atoms with Crippen molar-refractivity contribution in [3.8, 4) is 10.8 Å². The van der Waals surface area contributed by atoms with Gasteiger partial charge in [0.2, 0.25) is 11.8 Å². The summed E-state index contributed by atoms with van der Waals surface area (Å²) >= 11 is 1.56. The molecule has 0 unspecified atom stereocenters. The van der Waals surface area contributed by atoms with Crippen LogP contribution in [0.3, 0.4) is 0 Å². The van der Waals surface area contributed by atoms with E-state index in [1.807, 2.05) is 17.5 Å². The molecule has 1 amide bonds. The molecule has 0 atom stereocenters. The molecule has 0 aliphatic carbocycles. The molecule has 3 aromatic rings. The smallest absolute Gasteiger partial charge is 0.236 e. The van der Waals surface area contributed by atoms with Crippen LogP contribution in [0.15, 0.2) is 40.8 Å². The van der Waals surface area contributed by atoms with Gasteiger partial charge in [0.05, 0.1) is 23.7 Å². The van der Waals surface area contributed by atoms with E-state index in [-0.39, 0.29) is 5.91 Å². The van der Waals surface area contributed by atoms with Crippen LogP contribution in [0.1, 0.15) is 12.1 Å². The summed E-state index contributed by atoms with van der Waals surface area (Å²) in [5.41, 5.74) is 0.701. The lowest BCUT2D eigenvalue weighted by atomic mass is 10.4. The van der Waals surface area contributed by atoms with Crippen LogP contribution in [0.25, 0.3) is 10.8 Å². The van der Waals surface area contributed by atoms with Crippen LogP contribution in [-0.4, -0.2) is 25.7 Å². The van der Waals surface area contributed by atoms with Gasteiger partial charge in [-0.1, -0.05) is 6.07 Å². The van der Waals surface area contributed by atoms with Crippen molar-refractivity contribution in [3.05, 3.63) is 42.1 Å². The van der Waals surface area contributed by atoms with Crippen LogP contribution in [0, 0.1) is 0 Å². The van der Waals surface area contributed by atoms with E-state index < -0.39 is 0 Å². The molecule has 3 heterocycles. The summed E-state index contributed by atoms with van der Waals surface area (Å²) in [6.07, 6.45) is 4.93. The highest BCUT2D eigenvalue weighted by atomic mass is 32.1. The third kappa shape index (κ3) is 3.54. The minimum atomic E-state index is -0.0637. The molecule has 0 aliphatic heterocycles. The molecule has 0 spiro atoms. The highest BCUT2D eigenvalue weighted by Gasteiger charge is 2.08. The Morgan fingerprint density at radius 1 is 1.48 bits per heavy atom. The van der Waals surface area contributed by atoms with E-state index in [1.54, 1.807) is 28.6 Å². The van der Waals surface area contributed by atoms with Crippen molar-refractivity contribution in [2.75, 3.05) is 0 Å². The van der Waals surface area contributed by atoms with Gasteiger partial charge in [0.1, 0.15) is 18.9 Å². The monoisotopic (exact) mass is 303 g/mol. The Hall–Kier alpha value is -2.48. The van der Waals surface area contributed by atoms with Gasteiger partial charge in [-0.05, 0) is 11.4 Å². The van der Waals surface area contributed by atoms with Crippen molar-refractivity contribution in [2.24, 2.45) is 0 Å². The van der Waals surface area contributed by atoms with Crippen molar-refractivity contribution in [1.82, 2.24) is 25.1 Å². The zero-order valence-electron chi connectivity index (χ0n) is 11.1. The first-order valence-electron chi connectivity index (χ1n) is 6.38. The van der Waals surface area contributed by atoms with E-state index in [4.69, 9.17) is 4.42 Å². The minimum Gasteiger partial charge on any atom is -0.443 e. The number of hydrogen-bond acceptors (Lipinski definition) is 6. The van der Waals surface area contributed by atoms with Gasteiger partial charge >= 0.3 is 0 Å². The van der Waals surface area contributed by atoms with E-state index in [2.05, 4.69) is 20.4 Å². The Bertz CT molecular complexity index is 690. The Labute approximate surface area is 124 Å². The lowest BCUT2D eigenvalue weighted by molar-refractivity contribution is -0.121. The number of carbonyl (C=O) groups is 1. The van der Waals surface area contributed by atoms with Crippen LogP contribution < -0.4 is 5.32 Å². The third-order valence-corrected chi connectivity index (χ3v) is 3.64. The summed E-state index contributed by atoms with van der Waals surface area (Å²) in [6, 6.07) is 3.88. The van der Waals surface area contributed by atoms with Gasteiger partial charge in [-0.15, -0.1) is 11.3 Å². The number of rotatable bonds is 6. The first-order chi connectivity index (χ1) is 10.3. The molecule has 0 aliphatic rings. The number of carbonyl (C=O) groups excluding carboxylic acids is 1. The van der Waals surface area contributed by atoms with Gasteiger partial charge < -0.3 is 9.73 Å². The second kappa shape index (κ2) is 6.31. The molecular weight excluding hydrogens is 290 g/mol. The maximum atomic E-state index is 11.7. The molecule has 0 saturated carbocycles.